The molecular formula is C58H36BNO. The molecule has 0 N–H and O–H groups in total. The van der Waals surface area contributed by atoms with E-state index in [2.05, 4.69) is 223 Å². The highest BCUT2D eigenvalue weighted by molar-refractivity contribution is 6.98. The van der Waals surface area contributed by atoms with Gasteiger partial charge in [-0.1, -0.05) is 199 Å². The van der Waals surface area contributed by atoms with Crippen LogP contribution in [-0.4, -0.2) is 6.71 Å². The third-order valence-corrected chi connectivity index (χ3v) is 13.1. The maximum absolute atomic E-state index is 6.77. The zero-order chi connectivity index (χ0) is 40.0. The molecule has 3 heteroatoms. The van der Waals surface area contributed by atoms with Gasteiger partial charge in [0.2, 0.25) is 6.71 Å². The average Bonchev–Trinajstić information content (AvgIpc) is 3.72. The van der Waals surface area contributed by atoms with E-state index < -0.39 is 0 Å². The van der Waals surface area contributed by atoms with Crippen LogP contribution < -0.4 is 21.3 Å². The van der Waals surface area contributed by atoms with Gasteiger partial charge in [-0.3, -0.25) is 0 Å². The van der Waals surface area contributed by atoms with Crippen LogP contribution in [0.2, 0.25) is 0 Å². The normalized spacial score (nSPS) is 11.9. The molecule has 13 aromatic rings. The van der Waals surface area contributed by atoms with Crippen molar-refractivity contribution in [1.82, 2.24) is 0 Å². The second kappa shape index (κ2) is 13.3. The topological polar surface area (TPSA) is 16.4 Å². The molecule has 1 heterocycles. The van der Waals surface area contributed by atoms with E-state index in [9.17, 15) is 0 Å². The van der Waals surface area contributed by atoms with Gasteiger partial charge in [-0.25, -0.2) is 0 Å². The number of benzene rings is 12. The first-order valence-corrected chi connectivity index (χ1v) is 21.1. The molecule has 0 amide bonds. The lowest BCUT2D eigenvalue weighted by Crippen LogP contribution is -2.52. The standard InChI is InChI=1S/C58H36BNO/c1-3-17-39(18-4-1)59(51-28-15-27-48-45-25-13-14-29-54(45)61-58(48)51)50-34-33-47-43-23-10-12-26-46(43)57-52(35-31-37-30-32-49(50)56(47)55(37)57)60(40-19-5-2-6-20-40)53-36-38-16-7-8-21-41(38)42-22-9-11-24-44(42)53/h1-36H. The highest BCUT2D eigenvalue weighted by atomic mass is 16.3. The van der Waals surface area contributed by atoms with Gasteiger partial charge >= 0.3 is 0 Å². The zero-order valence-electron chi connectivity index (χ0n) is 33.2. The Morgan fingerprint density at radius 3 is 1.75 bits per heavy atom. The van der Waals surface area contributed by atoms with Crippen LogP contribution in [0.1, 0.15) is 0 Å². The largest absolute Gasteiger partial charge is 0.457 e. The molecule has 2 nitrogen and oxygen atoms in total. The minimum atomic E-state index is -0.0782. The van der Waals surface area contributed by atoms with Crippen molar-refractivity contribution in [2.24, 2.45) is 0 Å². The minimum absolute atomic E-state index is 0.0782. The van der Waals surface area contributed by atoms with Crippen molar-refractivity contribution >= 4 is 127 Å². The van der Waals surface area contributed by atoms with E-state index in [-0.39, 0.29) is 6.71 Å². The highest BCUT2D eigenvalue weighted by Crippen LogP contribution is 2.49. The van der Waals surface area contributed by atoms with Gasteiger partial charge in [-0.2, -0.15) is 0 Å². The molecule has 12 aromatic carbocycles. The summed E-state index contributed by atoms with van der Waals surface area (Å²) < 4.78 is 6.77. The Morgan fingerprint density at radius 1 is 0.328 bits per heavy atom. The van der Waals surface area contributed by atoms with E-state index in [0.29, 0.717) is 0 Å². The van der Waals surface area contributed by atoms with Crippen molar-refractivity contribution in [3.63, 3.8) is 0 Å². The van der Waals surface area contributed by atoms with Gasteiger partial charge in [0.1, 0.15) is 11.2 Å². The summed E-state index contributed by atoms with van der Waals surface area (Å²) in [5.74, 6) is 0. The van der Waals surface area contributed by atoms with Gasteiger partial charge in [-0.05, 0) is 84.3 Å². The Balaban J connectivity index is 1.15. The van der Waals surface area contributed by atoms with Crippen LogP contribution in [0, 0.1) is 0 Å². The van der Waals surface area contributed by atoms with Crippen LogP contribution in [0.5, 0.6) is 0 Å². The first kappa shape index (κ1) is 34.0. The fourth-order valence-electron chi connectivity index (χ4n) is 10.5. The molecule has 0 atom stereocenters. The molecule has 282 valence electrons. The summed E-state index contributed by atoms with van der Waals surface area (Å²) in [7, 11) is 0. The van der Waals surface area contributed by atoms with Gasteiger partial charge in [-0.15, -0.1) is 0 Å². The van der Waals surface area contributed by atoms with Crippen LogP contribution in [0.15, 0.2) is 223 Å². The molecule has 0 radical (unpaired) electrons. The molecule has 61 heavy (non-hydrogen) atoms. The number of rotatable bonds is 6. The Bertz CT molecular complexity index is 3830. The van der Waals surface area contributed by atoms with Crippen molar-refractivity contribution in [3.8, 4) is 0 Å². The molecule has 13 rings (SSSR count). The molecule has 0 fully saturated rings. The first-order valence-electron chi connectivity index (χ1n) is 21.1. The van der Waals surface area contributed by atoms with Crippen molar-refractivity contribution < 1.29 is 4.42 Å². The molecule has 0 saturated heterocycles. The molecule has 0 unspecified atom stereocenters. The quantitative estimate of drug-likeness (QED) is 0.0951. The van der Waals surface area contributed by atoms with Gasteiger partial charge in [0.05, 0.1) is 11.4 Å². The smallest absolute Gasteiger partial charge is 0.246 e. The van der Waals surface area contributed by atoms with Crippen molar-refractivity contribution in [2.75, 3.05) is 4.90 Å². The van der Waals surface area contributed by atoms with Crippen molar-refractivity contribution in [1.29, 1.82) is 0 Å². The zero-order valence-corrected chi connectivity index (χ0v) is 33.2. The summed E-state index contributed by atoms with van der Waals surface area (Å²) in [5, 5.41) is 17.3. The summed E-state index contributed by atoms with van der Waals surface area (Å²) in [4.78, 5) is 2.50. The Kier molecular flexibility index (Phi) is 7.43. The van der Waals surface area contributed by atoms with Crippen LogP contribution in [0.4, 0.5) is 17.1 Å². The predicted octanol–water partition coefficient (Wildman–Crippen LogP) is 13.9. The van der Waals surface area contributed by atoms with E-state index in [4.69, 9.17) is 4.42 Å². The number of anilines is 3. The SMILES string of the molecule is c1ccc(B(c2ccc3c4ccccc4c4c(N(c5ccccc5)c5cc6ccccc6c6ccccc56)ccc5ccc2c3c54)c2cccc3c2oc2ccccc23)cc1. The maximum atomic E-state index is 6.77. The van der Waals surface area contributed by atoms with E-state index in [0.717, 1.165) is 39.0 Å². The molecule has 0 spiro atoms. The van der Waals surface area contributed by atoms with Gasteiger partial charge < -0.3 is 9.32 Å². The third-order valence-electron chi connectivity index (χ3n) is 13.1. The molecule has 0 bridgehead atoms. The lowest BCUT2D eigenvalue weighted by molar-refractivity contribution is 0.671. The summed E-state index contributed by atoms with van der Waals surface area (Å²) in [5.41, 5.74) is 8.94. The van der Waals surface area contributed by atoms with E-state index in [1.54, 1.807) is 0 Å². The van der Waals surface area contributed by atoms with E-state index >= 15 is 0 Å². The van der Waals surface area contributed by atoms with Crippen LogP contribution in [0.25, 0.3) is 86.6 Å². The van der Waals surface area contributed by atoms with Crippen LogP contribution >= 0.6 is 0 Å². The Labute approximate surface area is 352 Å². The van der Waals surface area contributed by atoms with E-state index in [1.807, 2.05) is 0 Å². The summed E-state index contributed by atoms with van der Waals surface area (Å²) >= 11 is 0. The molecule has 1 aromatic heterocycles. The lowest BCUT2D eigenvalue weighted by Gasteiger charge is -2.30. The molecule has 0 aliphatic rings. The second-order valence-corrected chi connectivity index (χ2v) is 16.3. The second-order valence-electron chi connectivity index (χ2n) is 16.3. The summed E-state index contributed by atoms with van der Waals surface area (Å²) in [6, 6.07) is 80.1. The number of hydrogen-bond donors (Lipinski definition) is 0. The number of furan rings is 1. The van der Waals surface area contributed by atoms with Gasteiger partial charge in [0, 0.05) is 32.6 Å². The monoisotopic (exact) mass is 773 g/mol. The predicted molar refractivity (Wildman–Crippen MR) is 262 cm³/mol. The average molecular weight is 774 g/mol. The number of para-hydroxylation sites is 3. The molecule has 0 aliphatic heterocycles. The highest BCUT2D eigenvalue weighted by Gasteiger charge is 2.30. The molecule has 0 aliphatic carbocycles. The van der Waals surface area contributed by atoms with Crippen molar-refractivity contribution in [2.45, 2.75) is 0 Å². The first-order chi connectivity index (χ1) is 30.3. The van der Waals surface area contributed by atoms with E-state index in [1.165, 1.54) is 81.0 Å². The number of fused-ring (bicyclic) bond motifs is 9. The number of nitrogens with zero attached hydrogens (tertiary/aromatic N) is 1. The van der Waals surface area contributed by atoms with Gasteiger partial charge in [0.15, 0.2) is 0 Å². The van der Waals surface area contributed by atoms with Crippen LogP contribution in [-0.2, 0) is 0 Å². The Morgan fingerprint density at radius 2 is 0.934 bits per heavy atom. The summed E-state index contributed by atoms with van der Waals surface area (Å²) in [6.45, 7) is -0.0782. The minimum Gasteiger partial charge on any atom is -0.457 e. The maximum Gasteiger partial charge on any atom is 0.246 e. The van der Waals surface area contributed by atoms with Gasteiger partial charge in [0.25, 0.3) is 0 Å². The molecule has 0 saturated carbocycles. The third kappa shape index (κ3) is 5.04. The molecular weight excluding hydrogens is 737 g/mol. The fourth-order valence-corrected chi connectivity index (χ4v) is 10.5. The van der Waals surface area contributed by atoms with Crippen LogP contribution in [0.3, 0.4) is 0 Å². The Hall–Kier alpha value is -7.88. The van der Waals surface area contributed by atoms with Crippen molar-refractivity contribution in [3.05, 3.63) is 218 Å². The summed E-state index contributed by atoms with van der Waals surface area (Å²) in [6.07, 6.45) is 0. The fraction of sp³-hybridized carbons (Fsp3) is 0. The lowest BCUT2D eigenvalue weighted by atomic mass is 9.36. The number of hydrogen-bond acceptors (Lipinski definition) is 2.